The lowest BCUT2D eigenvalue weighted by Gasteiger charge is -2.29. The number of H-pyrrole nitrogens is 1. The van der Waals surface area contributed by atoms with E-state index in [1.54, 1.807) is 19.2 Å². The Hall–Kier alpha value is -2.90. The number of nitrogens with zero attached hydrogens (tertiary/aromatic N) is 4. The van der Waals surface area contributed by atoms with Gasteiger partial charge in [-0.2, -0.15) is 5.21 Å². The van der Waals surface area contributed by atoms with Crippen molar-refractivity contribution in [1.29, 1.82) is 0 Å². The van der Waals surface area contributed by atoms with Crippen molar-refractivity contribution in [2.24, 2.45) is 5.92 Å². The number of amides is 1. The average molecular weight is 313 g/mol. The highest BCUT2D eigenvalue weighted by atomic mass is 16.2. The highest BCUT2D eigenvalue weighted by Crippen LogP contribution is 2.33. The van der Waals surface area contributed by atoms with Crippen LogP contribution in [0.5, 0.6) is 0 Å². The number of nitrogens with one attached hydrogen (secondary N) is 1. The van der Waals surface area contributed by atoms with Crippen LogP contribution in [0.3, 0.4) is 0 Å². The summed E-state index contributed by atoms with van der Waals surface area (Å²) in [5.74, 6) is -3.38. The van der Waals surface area contributed by atoms with Crippen molar-refractivity contribution < 1.29 is 14.4 Å². The smallest absolute Gasteiger partial charge is 0.245 e. The summed E-state index contributed by atoms with van der Waals surface area (Å²) in [6.45, 7) is 4.01. The molecule has 118 valence electrons. The molecular weight excluding hydrogens is 298 g/mol. The summed E-state index contributed by atoms with van der Waals surface area (Å²) in [5.41, 5.74) is 1.83. The predicted molar refractivity (Wildman–Crippen MR) is 80.3 cm³/mol. The van der Waals surface area contributed by atoms with E-state index < -0.39 is 23.4 Å². The first kappa shape index (κ1) is 15.0. The van der Waals surface area contributed by atoms with Gasteiger partial charge in [-0.05, 0) is 28.8 Å². The topological polar surface area (TPSA) is 109 Å². The van der Waals surface area contributed by atoms with Crippen LogP contribution in [-0.4, -0.2) is 45.1 Å². The Labute approximate surface area is 131 Å². The van der Waals surface area contributed by atoms with E-state index in [-0.39, 0.29) is 11.7 Å². The number of benzene rings is 1. The van der Waals surface area contributed by atoms with Gasteiger partial charge in [0.2, 0.25) is 17.5 Å². The molecule has 1 amide bonds. The van der Waals surface area contributed by atoms with Crippen LogP contribution in [0.15, 0.2) is 18.2 Å². The van der Waals surface area contributed by atoms with Crippen LogP contribution >= 0.6 is 0 Å². The standard InChI is InChI=1S/C15H15N5O3/c1-7(2)8-4-5-10-9(6-8)12(21)11(15(23)20(10)3)13(22)14-16-18-19-17-14/h4-7,11H,1-3H3,(H,16,17,18,19). The number of fused-ring (bicyclic) bond motifs is 1. The maximum absolute atomic E-state index is 12.7. The SMILES string of the molecule is CC(C)c1ccc2c(c1)C(=O)C(C(=O)c1nn[nH]n1)C(=O)N2C. The van der Waals surface area contributed by atoms with Gasteiger partial charge in [-0.3, -0.25) is 14.4 Å². The lowest BCUT2D eigenvalue weighted by molar-refractivity contribution is -0.119. The molecule has 0 bridgehead atoms. The van der Waals surface area contributed by atoms with E-state index in [1.807, 2.05) is 19.9 Å². The zero-order chi connectivity index (χ0) is 16.7. The molecule has 3 rings (SSSR count). The molecule has 0 saturated carbocycles. The van der Waals surface area contributed by atoms with Crippen LogP contribution in [0.4, 0.5) is 5.69 Å². The third-order valence-electron chi connectivity index (χ3n) is 3.98. The Morgan fingerprint density at radius 3 is 2.65 bits per heavy atom. The van der Waals surface area contributed by atoms with Gasteiger partial charge in [-0.1, -0.05) is 19.9 Å². The van der Waals surface area contributed by atoms with Crippen LogP contribution in [0.2, 0.25) is 0 Å². The minimum atomic E-state index is -1.47. The van der Waals surface area contributed by atoms with Crippen molar-refractivity contribution in [3.05, 3.63) is 35.2 Å². The maximum Gasteiger partial charge on any atom is 0.245 e. The van der Waals surface area contributed by atoms with E-state index >= 15 is 0 Å². The Morgan fingerprint density at radius 2 is 2.04 bits per heavy atom. The number of aromatic nitrogens is 4. The number of ketones is 2. The number of carbonyl (C=O) groups excluding carboxylic acids is 3. The molecule has 23 heavy (non-hydrogen) atoms. The van der Waals surface area contributed by atoms with Crippen molar-refractivity contribution >= 4 is 23.2 Å². The number of tetrazole rings is 1. The Bertz CT molecular complexity index is 797. The highest BCUT2D eigenvalue weighted by molar-refractivity contribution is 6.33. The molecule has 0 spiro atoms. The minimum absolute atomic E-state index is 0.224. The van der Waals surface area contributed by atoms with Crippen LogP contribution < -0.4 is 4.90 Å². The first-order valence-corrected chi connectivity index (χ1v) is 7.15. The number of hydrogen-bond acceptors (Lipinski definition) is 6. The molecule has 2 heterocycles. The number of Topliss-reactive ketones (excluding diaryl/α,β-unsaturated/α-hetero) is 2. The molecule has 1 aromatic carbocycles. The van der Waals surface area contributed by atoms with Crippen LogP contribution in [-0.2, 0) is 4.79 Å². The summed E-state index contributed by atoms with van der Waals surface area (Å²) in [7, 11) is 1.54. The predicted octanol–water partition coefficient (Wildman–Crippen LogP) is 0.981. The van der Waals surface area contributed by atoms with Crippen LogP contribution in [0, 0.1) is 5.92 Å². The van der Waals surface area contributed by atoms with Gasteiger partial charge in [0.1, 0.15) is 0 Å². The minimum Gasteiger partial charge on any atom is -0.314 e. The molecule has 1 aromatic heterocycles. The van der Waals surface area contributed by atoms with Gasteiger partial charge in [0, 0.05) is 12.6 Å². The molecule has 2 aromatic rings. The molecule has 8 heteroatoms. The average Bonchev–Trinajstić information content (AvgIpc) is 3.06. The van der Waals surface area contributed by atoms with E-state index in [2.05, 4.69) is 20.6 Å². The zero-order valence-corrected chi connectivity index (χ0v) is 12.9. The van der Waals surface area contributed by atoms with Crippen molar-refractivity contribution in [3.63, 3.8) is 0 Å². The zero-order valence-electron chi connectivity index (χ0n) is 12.9. The Kier molecular flexibility index (Phi) is 3.51. The summed E-state index contributed by atoms with van der Waals surface area (Å²) >= 11 is 0. The summed E-state index contributed by atoms with van der Waals surface area (Å²) in [5, 5.41) is 12.6. The Morgan fingerprint density at radius 1 is 1.30 bits per heavy atom. The molecular formula is C15H15N5O3. The van der Waals surface area contributed by atoms with Crippen molar-refractivity contribution in [3.8, 4) is 0 Å². The van der Waals surface area contributed by atoms with E-state index in [0.29, 0.717) is 11.3 Å². The number of hydrogen-bond donors (Lipinski definition) is 1. The fraction of sp³-hybridized carbons (Fsp3) is 0.333. The van der Waals surface area contributed by atoms with E-state index in [4.69, 9.17) is 0 Å². The van der Waals surface area contributed by atoms with Gasteiger partial charge < -0.3 is 4.90 Å². The van der Waals surface area contributed by atoms with Gasteiger partial charge in [-0.15, -0.1) is 10.2 Å². The first-order valence-electron chi connectivity index (χ1n) is 7.15. The lowest BCUT2D eigenvalue weighted by atomic mass is 9.85. The molecule has 0 saturated heterocycles. The van der Waals surface area contributed by atoms with Gasteiger partial charge in [0.05, 0.1) is 5.69 Å². The molecule has 0 fully saturated rings. The monoisotopic (exact) mass is 313 g/mol. The molecule has 1 N–H and O–H groups in total. The lowest BCUT2D eigenvalue weighted by Crippen LogP contribution is -2.46. The quantitative estimate of drug-likeness (QED) is 0.668. The third kappa shape index (κ3) is 2.32. The third-order valence-corrected chi connectivity index (χ3v) is 3.98. The molecule has 0 radical (unpaired) electrons. The van der Waals surface area contributed by atoms with Crippen molar-refractivity contribution in [1.82, 2.24) is 20.6 Å². The van der Waals surface area contributed by atoms with E-state index in [1.165, 1.54) is 4.90 Å². The second kappa shape index (κ2) is 5.38. The molecule has 1 aliphatic rings. The van der Waals surface area contributed by atoms with Gasteiger partial charge in [0.25, 0.3) is 0 Å². The molecule has 1 unspecified atom stereocenters. The van der Waals surface area contributed by atoms with Crippen molar-refractivity contribution in [2.45, 2.75) is 19.8 Å². The van der Waals surface area contributed by atoms with E-state index in [9.17, 15) is 14.4 Å². The fourth-order valence-corrected chi connectivity index (χ4v) is 2.61. The van der Waals surface area contributed by atoms with Gasteiger partial charge in [-0.25, -0.2) is 0 Å². The first-order chi connectivity index (χ1) is 10.9. The van der Waals surface area contributed by atoms with E-state index in [0.717, 1.165) is 5.56 Å². The number of rotatable bonds is 3. The fourth-order valence-electron chi connectivity index (χ4n) is 2.61. The maximum atomic E-state index is 12.7. The molecule has 1 aliphatic heterocycles. The summed E-state index contributed by atoms with van der Waals surface area (Å²) in [6, 6.07) is 5.35. The second-order valence-corrected chi connectivity index (χ2v) is 5.73. The largest absolute Gasteiger partial charge is 0.314 e. The van der Waals surface area contributed by atoms with Gasteiger partial charge >= 0.3 is 0 Å². The summed E-state index contributed by atoms with van der Waals surface area (Å²) < 4.78 is 0. The number of aromatic amines is 1. The summed E-state index contributed by atoms with van der Waals surface area (Å²) in [4.78, 5) is 38.9. The highest BCUT2D eigenvalue weighted by Gasteiger charge is 2.44. The van der Waals surface area contributed by atoms with Crippen LogP contribution in [0.25, 0.3) is 0 Å². The van der Waals surface area contributed by atoms with Crippen molar-refractivity contribution in [2.75, 3.05) is 11.9 Å². The van der Waals surface area contributed by atoms with Crippen LogP contribution in [0.1, 0.15) is 46.3 Å². The molecule has 1 atom stereocenters. The summed E-state index contributed by atoms with van der Waals surface area (Å²) in [6.07, 6.45) is 0. The molecule has 8 nitrogen and oxygen atoms in total. The normalized spacial score (nSPS) is 17.6. The second-order valence-electron chi connectivity index (χ2n) is 5.73. The number of carbonyl (C=O) groups is 3. The molecule has 0 aliphatic carbocycles. The van der Waals surface area contributed by atoms with Gasteiger partial charge in [0.15, 0.2) is 11.7 Å². The number of anilines is 1. The Balaban J connectivity index is 2.09.